The zero-order valence-electron chi connectivity index (χ0n) is 18.3. The molecule has 0 bridgehead atoms. The maximum atomic E-state index is 13.7. The first kappa shape index (κ1) is 23.9. The van der Waals surface area contributed by atoms with Gasteiger partial charge >= 0.3 is 0 Å². The molecule has 0 saturated carbocycles. The minimum Gasteiger partial charge on any atom is -0.343 e. The van der Waals surface area contributed by atoms with E-state index in [1.807, 2.05) is 0 Å². The van der Waals surface area contributed by atoms with Crippen LogP contribution in [-0.4, -0.2) is 12.1 Å². The second kappa shape index (κ2) is 10.8. The number of nitrogens with zero attached hydrogens (tertiary/aromatic N) is 1. The van der Waals surface area contributed by atoms with E-state index in [9.17, 15) is 22.4 Å². The summed E-state index contributed by atoms with van der Waals surface area (Å²) in [5, 5.41) is 2.90. The smallest absolute Gasteiger partial charge is 0.251 e. The number of carbonyl (C=O) groups excluding carboxylic acids is 1. The topological polar surface area (TPSA) is 41.5 Å². The van der Waals surface area contributed by atoms with Crippen molar-refractivity contribution in [1.82, 2.24) is 5.32 Å². The first-order valence-electron chi connectivity index (χ1n) is 10.7. The molecule has 2 atom stereocenters. The van der Waals surface area contributed by atoms with Crippen LogP contribution in [0.5, 0.6) is 0 Å². The van der Waals surface area contributed by atoms with E-state index in [2.05, 4.69) is 10.3 Å². The summed E-state index contributed by atoms with van der Waals surface area (Å²) in [5.74, 6) is -2.27. The summed E-state index contributed by atoms with van der Waals surface area (Å²) >= 11 is 0. The molecular weight excluding hydrogens is 456 g/mol. The second-order valence-corrected chi connectivity index (χ2v) is 7.84. The van der Waals surface area contributed by atoms with Crippen molar-refractivity contribution in [2.45, 2.75) is 12.1 Å². The van der Waals surface area contributed by atoms with Crippen molar-refractivity contribution in [2.75, 3.05) is 0 Å². The Bertz CT molecular complexity index is 1300. The highest BCUT2D eigenvalue weighted by molar-refractivity contribution is 5.94. The zero-order valence-corrected chi connectivity index (χ0v) is 18.3. The van der Waals surface area contributed by atoms with Crippen LogP contribution in [0, 0.1) is 23.3 Å². The van der Waals surface area contributed by atoms with Crippen molar-refractivity contribution in [2.24, 2.45) is 4.99 Å². The van der Waals surface area contributed by atoms with Gasteiger partial charge in [-0.15, -0.1) is 0 Å². The van der Waals surface area contributed by atoms with E-state index in [0.29, 0.717) is 16.7 Å². The number of aliphatic imine (C=N–C) groups is 1. The molecule has 4 rings (SSSR count). The summed E-state index contributed by atoms with van der Waals surface area (Å²) in [6, 6.07) is 20.4. The second-order valence-electron chi connectivity index (χ2n) is 7.84. The first-order valence-corrected chi connectivity index (χ1v) is 10.7. The monoisotopic (exact) mass is 476 g/mol. The maximum Gasteiger partial charge on any atom is 0.251 e. The summed E-state index contributed by atoms with van der Waals surface area (Å²) in [7, 11) is 0. The molecule has 176 valence electrons. The highest BCUT2D eigenvalue weighted by Crippen LogP contribution is 2.33. The van der Waals surface area contributed by atoms with E-state index >= 15 is 0 Å². The summed E-state index contributed by atoms with van der Waals surface area (Å²) < 4.78 is 54.0. The number of amides is 1. The molecular formula is C28H20F4N2O. The van der Waals surface area contributed by atoms with Crippen LogP contribution in [-0.2, 0) is 0 Å². The Morgan fingerprint density at radius 2 is 1.06 bits per heavy atom. The number of carbonyl (C=O) groups is 1. The number of hydrogen-bond acceptors (Lipinski definition) is 2. The lowest BCUT2D eigenvalue weighted by molar-refractivity contribution is 0.0930. The number of rotatable bonds is 7. The van der Waals surface area contributed by atoms with E-state index in [1.165, 1.54) is 79.0 Å². The van der Waals surface area contributed by atoms with Crippen LogP contribution in [0.25, 0.3) is 0 Å². The Labute approximate surface area is 199 Å². The molecule has 7 heteroatoms. The first-order chi connectivity index (χ1) is 16.9. The molecule has 0 spiro atoms. The Morgan fingerprint density at radius 1 is 0.629 bits per heavy atom. The van der Waals surface area contributed by atoms with Crippen molar-refractivity contribution < 1.29 is 22.4 Å². The molecule has 0 unspecified atom stereocenters. The lowest BCUT2D eigenvalue weighted by atomic mass is 9.93. The lowest BCUT2D eigenvalue weighted by Gasteiger charge is -2.26. The quantitative estimate of drug-likeness (QED) is 0.238. The van der Waals surface area contributed by atoms with Gasteiger partial charge in [-0.2, -0.15) is 0 Å². The van der Waals surface area contributed by atoms with Crippen molar-refractivity contribution >= 4 is 12.1 Å². The van der Waals surface area contributed by atoms with Gasteiger partial charge in [0.05, 0.1) is 12.1 Å². The molecule has 0 aliphatic heterocycles. The average molecular weight is 476 g/mol. The van der Waals surface area contributed by atoms with Gasteiger partial charge in [-0.1, -0.05) is 36.4 Å². The molecule has 0 aliphatic carbocycles. The fourth-order valence-electron chi connectivity index (χ4n) is 3.58. The zero-order chi connectivity index (χ0) is 24.8. The maximum absolute atomic E-state index is 13.7. The third-order valence-corrected chi connectivity index (χ3v) is 5.40. The predicted molar refractivity (Wildman–Crippen MR) is 126 cm³/mol. The van der Waals surface area contributed by atoms with Gasteiger partial charge in [0, 0.05) is 11.8 Å². The molecule has 35 heavy (non-hydrogen) atoms. The number of hydrogen-bond donors (Lipinski definition) is 1. The van der Waals surface area contributed by atoms with Crippen LogP contribution < -0.4 is 5.32 Å². The molecule has 4 aromatic rings. The summed E-state index contributed by atoms with van der Waals surface area (Å²) in [6.45, 7) is 0. The van der Waals surface area contributed by atoms with E-state index in [4.69, 9.17) is 0 Å². The standard InChI is InChI=1S/C28H20F4N2O/c29-22-9-1-18(2-10-22)17-33-26(19-3-11-23(30)12-4-19)27(20-5-13-24(31)14-6-20)34-28(35)21-7-15-25(32)16-8-21/h1-17,26-27H,(H,34,35)/t26-,27+/m0/s1. The van der Waals surface area contributed by atoms with Gasteiger partial charge in [0.15, 0.2) is 0 Å². The molecule has 0 heterocycles. The van der Waals surface area contributed by atoms with E-state index in [0.717, 1.165) is 0 Å². The molecule has 3 nitrogen and oxygen atoms in total. The van der Waals surface area contributed by atoms with Crippen LogP contribution in [0.2, 0.25) is 0 Å². The van der Waals surface area contributed by atoms with E-state index in [1.54, 1.807) is 24.3 Å². The Balaban J connectivity index is 1.76. The van der Waals surface area contributed by atoms with Crippen LogP contribution in [0.3, 0.4) is 0 Å². The van der Waals surface area contributed by atoms with Gasteiger partial charge in [-0.05, 0) is 77.4 Å². The van der Waals surface area contributed by atoms with Crippen molar-refractivity contribution in [3.05, 3.63) is 143 Å². The van der Waals surface area contributed by atoms with Crippen LogP contribution >= 0.6 is 0 Å². The Kier molecular flexibility index (Phi) is 7.35. The van der Waals surface area contributed by atoms with Crippen molar-refractivity contribution in [1.29, 1.82) is 0 Å². The third kappa shape index (κ3) is 6.20. The number of benzene rings is 4. The third-order valence-electron chi connectivity index (χ3n) is 5.40. The van der Waals surface area contributed by atoms with Crippen LogP contribution in [0.15, 0.2) is 102 Å². The number of nitrogens with one attached hydrogen (secondary N) is 1. The minimum atomic E-state index is -0.796. The molecule has 0 saturated heterocycles. The molecule has 4 aromatic carbocycles. The summed E-state index contributed by atoms with van der Waals surface area (Å²) in [6.07, 6.45) is 1.52. The molecule has 0 aromatic heterocycles. The lowest BCUT2D eigenvalue weighted by Crippen LogP contribution is -2.32. The Hall–Kier alpha value is -4.26. The molecule has 0 aliphatic rings. The fraction of sp³-hybridized carbons (Fsp3) is 0.0714. The fourth-order valence-corrected chi connectivity index (χ4v) is 3.58. The van der Waals surface area contributed by atoms with Gasteiger partial charge in [0.1, 0.15) is 23.3 Å². The van der Waals surface area contributed by atoms with Gasteiger partial charge in [0.2, 0.25) is 0 Å². The Morgan fingerprint density at radius 3 is 1.57 bits per heavy atom. The van der Waals surface area contributed by atoms with Gasteiger partial charge in [-0.25, -0.2) is 17.6 Å². The van der Waals surface area contributed by atoms with Gasteiger partial charge in [-0.3, -0.25) is 9.79 Å². The van der Waals surface area contributed by atoms with E-state index in [-0.39, 0.29) is 5.56 Å². The SMILES string of the molecule is O=C(N[C@H](c1ccc(F)cc1)[C@@H](N=Cc1ccc(F)cc1)c1ccc(F)cc1)c1ccc(F)cc1. The highest BCUT2D eigenvalue weighted by Gasteiger charge is 2.27. The minimum absolute atomic E-state index is 0.221. The molecule has 1 N–H and O–H groups in total. The number of halogens is 4. The van der Waals surface area contributed by atoms with E-state index < -0.39 is 41.3 Å². The predicted octanol–water partition coefficient (Wildman–Crippen LogP) is 6.57. The van der Waals surface area contributed by atoms with Crippen molar-refractivity contribution in [3.8, 4) is 0 Å². The average Bonchev–Trinajstić information content (AvgIpc) is 2.86. The van der Waals surface area contributed by atoms with Crippen molar-refractivity contribution in [3.63, 3.8) is 0 Å². The van der Waals surface area contributed by atoms with Crippen LogP contribution in [0.1, 0.15) is 39.1 Å². The van der Waals surface area contributed by atoms with Crippen LogP contribution in [0.4, 0.5) is 17.6 Å². The molecule has 0 radical (unpaired) electrons. The molecule has 1 amide bonds. The normalized spacial score (nSPS) is 12.9. The molecule has 0 fully saturated rings. The summed E-state index contributed by atoms with van der Waals surface area (Å²) in [5.41, 5.74) is 1.96. The largest absolute Gasteiger partial charge is 0.343 e. The highest BCUT2D eigenvalue weighted by atomic mass is 19.1. The van der Waals surface area contributed by atoms with Gasteiger partial charge in [0.25, 0.3) is 5.91 Å². The summed E-state index contributed by atoms with van der Waals surface area (Å²) in [4.78, 5) is 17.7. The van der Waals surface area contributed by atoms with Gasteiger partial charge < -0.3 is 5.32 Å².